The van der Waals surface area contributed by atoms with Gasteiger partial charge >= 0.3 is 0 Å². The maximum absolute atomic E-state index is 9.17. The standard InChI is InChI=1S/C13H26N2O/c1-11(10-16)9-15-8-3-2-6-13(15)12-5-4-7-14-12/h11-14,16H,2-10H2,1H3. The van der Waals surface area contributed by atoms with E-state index in [1.807, 2.05) is 0 Å². The molecule has 0 aromatic rings. The highest BCUT2D eigenvalue weighted by atomic mass is 16.3. The maximum Gasteiger partial charge on any atom is 0.0468 e. The van der Waals surface area contributed by atoms with Gasteiger partial charge in [0, 0.05) is 25.2 Å². The summed E-state index contributed by atoms with van der Waals surface area (Å²) in [4.78, 5) is 2.62. The van der Waals surface area contributed by atoms with Gasteiger partial charge in [0.15, 0.2) is 0 Å². The van der Waals surface area contributed by atoms with Crippen LogP contribution in [-0.2, 0) is 0 Å². The molecule has 0 radical (unpaired) electrons. The van der Waals surface area contributed by atoms with E-state index in [0.717, 1.165) is 12.6 Å². The van der Waals surface area contributed by atoms with E-state index in [-0.39, 0.29) is 0 Å². The minimum atomic E-state index is 0.321. The monoisotopic (exact) mass is 226 g/mol. The fraction of sp³-hybridized carbons (Fsp3) is 1.00. The highest BCUT2D eigenvalue weighted by Crippen LogP contribution is 2.24. The van der Waals surface area contributed by atoms with E-state index in [1.165, 1.54) is 45.2 Å². The van der Waals surface area contributed by atoms with Gasteiger partial charge < -0.3 is 10.4 Å². The van der Waals surface area contributed by atoms with Crippen LogP contribution in [0.5, 0.6) is 0 Å². The van der Waals surface area contributed by atoms with Gasteiger partial charge in [0.25, 0.3) is 0 Å². The average Bonchev–Trinajstić information content (AvgIpc) is 2.83. The zero-order valence-corrected chi connectivity index (χ0v) is 10.5. The van der Waals surface area contributed by atoms with Crippen molar-refractivity contribution >= 4 is 0 Å². The molecular weight excluding hydrogens is 200 g/mol. The largest absolute Gasteiger partial charge is 0.396 e. The predicted octanol–water partition coefficient (Wildman–Crippen LogP) is 1.22. The van der Waals surface area contributed by atoms with Crippen molar-refractivity contribution in [2.45, 2.75) is 51.1 Å². The van der Waals surface area contributed by atoms with Crippen LogP contribution >= 0.6 is 0 Å². The van der Waals surface area contributed by atoms with E-state index in [2.05, 4.69) is 17.1 Å². The Bertz CT molecular complexity index is 204. The van der Waals surface area contributed by atoms with Crippen LogP contribution in [0.2, 0.25) is 0 Å². The number of nitrogens with one attached hydrogen (secondary N) is 1. The molecule has 16 heavy (non-hydrogen) atoms. The van der Waals surface area contributed by atoms with Gasteiger partial charge in [-0.3, -0.25) is 4.90 Å². The zero-order chi connectivity index (χ0) is 11.4. The summed E-state index contributed by atoms with van der Waals surface area (Å²) in [6, 6.07) is 1.44. The number of aliphatic hydroxyl groups is 1. The van der Waals surface area contributed by atoms with Gasteiger partial charge in [0.1, 0.15) is 0 Å². The van der Waals surface area contributed by atoms with Crippen molar-refractivity contribution in [1.29, 1.82) is 0 Å². The average molecular weight is 226 g/mol. The Kier molecular flexibility index (Phi) is 4.62. The molecule has 2 saturated heterocycles. The van der Waals surface area contributed by atoms with Crippen LogP contribution in [0.4, 0.5) is 0 Å². The Morgan fingerprint density at radius 1 is 1.31 bits per heavy atom. The van der Waals surface area contributed by atoms with Crippen LogP contribution in [0, 0.1) is 5.92 Å². The fourth-order valence-corrected chi connectivity index (χ4v) is 3.20. The molecule has 3 nitrogen and oxygen atoms in total. The molecule has 0 aromatic carbocycles. The zero-order valence-electron chi connectivity index (χ0n) is 10.5. The Hall–Kier alpha value is -0.120. The topological polar surface area (TPSA) is 35.5 Å². The number of nitrogens with zero attached hydrogens (tertiary/aromatic N) is 1. The van der Waals surface area contributed by atoms with E-state index < -0.39 is 0 Å². The summed E-state index contributed by atoms with van der Waals surface area (Å²) in [7, 11) is 0. The molecule has 3 heteroatoms. The lowest BCUT2D eigenvalue weighted by molar-refractivity contribution is 0.0875. The van der Waals surface area contributed by atoms with Gasteiger partial charge in [0.05, 0.1) is 0 Å². The van der Waals surface area contributed by atoms with Crippen LogP contribution in [0.3, 0.4) is 0 Å². The van der Waals surface area contributed by atoms with Crippen molar-refractivity contribution in [1.82, 2.24) is 10.2 Å². The van der Waals surface area contributed by atoms with Crippen molar-refractivity contribution in [2.75, 3.05) is 26.2 Å². The maximum atomic E-state index is 9.17. The molecule has 0 spiro atoms. The molecule has 2 aliphatic rings. The van der Waals surface area contributed by atoms with Gasteiger partial charge in [-0.2, -0.15) is 0 Å². The van der Waals surface area contributed by atoms with Crippen molar-refractivity contribution in [3.63, 3.8) is 0 Å². The summed E-state index contributed by atoms with van der Waals surface area (Å²) < 4.78 is 0. The molecule has 0 bridgehead atoms. The van der Waals surface area contributed by atoms with Gasteiger partial charge in [0.2, 0.25) is 0 Å². The summed E-state index contributed by atoms with van der Waals surface area (Å²) in [6.45, 7) is 5.96. The van der Waals surface area contributed by atoms with E-state index in [4.69, 9.17) is 0 Å². The molecule has 2 heterocycles. The Morgan fingerprint density at radius 3 is 2.88 bits per heavy atom. The first-order valence-corrected chi connectivity index (χ1v) is 6.89. The molecule has 3 unspecified atom stereocenters. The van der Waals surface area contributed by atoms with Crippen LogP contribution < -0.4 is 5.32 Å². The second-order valence-corrected chi connectivity index (χ2v) is 5.55. The molecule has 0 saturated carbocycles. The summed E-state index contributed by atoms with van der Waals surface area (Å²) >= 11 is 0. The lowest BCUT2D eigenvalue weighted by Gasteiger charge is -2.40. The van der Waals surface area contributed by atoms with Crippen molar-refractivity contribution < 1.29 is 5.11 Å². The Balaban J connectivity index is 1.90. The molecule has 0 aromatic heterocycles. The number of rotatable bonds is 4. The Morgan fingerprint density at radius 2 is 2.19 bits per heavy atom. The summed E-state index contributed by atoms with van der Waals surface area (Å²) in [5, 5.41) is 12.8. The fourth-order valence-electron chi connectivity index (χ4n) is 3.20. The predicted molar refractivity (Wildman–Crippen MR) is 66.5 cm³/mol. The van der Waals surface area contributed by atoms with Gasteiger partial charge in [-0.1, -0.05) is 13.3 Å². The van der Waals surface area contributed by atoms with Crippen LogP contribution in [0.1, 0.15) is 39.0 Å². The second-order valence-electron chi connectivity index (χ2n) is 5.55. The van der Waals surface area contributed by atoms with E-state index in [0.29, 0.717) is 18.6 Å². The lowest BCUT2D eigenvalue weighted by atomic mass is 9.93. The first-order valence-electron chi connectivity index (χ1n) is 6.89. The second kappa shape index (κ2) is 5.99. The third kappa shape index (κ3) is 2.96. The molecular formula is C13H26N2O. The number of aliphatic hydroxyl groups excluding tert-OH is 1. The third-order valence-electron chi connectivity index (χ3n) is 4.08. The van der Waals surface area contributed by atoms with Crippen LogP contribution in [0.15, 0.2) is 0 Å². The molecule has 2 aliphatic heterocycles. The highest BCUT2D eigenvalue weighted by molar-refractivity contribution is 4.90. The van der Waals surface area contributed by atoms with Gasteiger partial charge in [-0.15, -0.1) is 0 Å². The number of piperidine rings is 1. The highest BCUT2D eigenvalue weighted by Gasteiger charge is 2.31. The lowest BCUT2D eigenvalue weighted by Crippen LogP contribution is -2.51. The molecule has 2 fully saturated rings. The third-order valence-corrected chi connectivity index (χ3v) is 4.08. The summed E-state index contributed by atoms with van der Waals surface area (Å²) in [5.74, 6) is 0.419. The molecule has 3 atom stereocenters. The van der Waals surface area contributed by atoms with E-state index >= 15 is 0 Å². The van der Waals surface area contributed by atoms with Crippen LogP contribution in [-0.4, -0.2) is 48.3 Å². The van der Waals surface area contributed by atoms with E-state index in [1.54, 1.807) is 0 Å². The van der Waals surface area contributed by atoms with Gasteiger partial charge in [-0.05, 0) is 44.7 Å². The minimum absolute atomic E-state index is 0.321. The minimum Gasteiger partial charge on any atom is -0.396 e. The quantitative estimate of drug-likeness (QED) is 0.756. The molecule has 2 N–H and O–H groups in total. The van der Waals surface area contributed by atoms with E-state index in [9.17, 15) is 5.11 Å². The summed E-state index contributed by atoms with van der Waals surface area (Å²) in [6.07, 6.45) is 6.74. The van der Waals surface area contributed by atoms with Crippen LogP contribution in [0.25, 0.3) is 0 Å². The normalized spacial score (nSPS) is 34.1. The smallest absolute Gasteiger partial charge is 0.0468 e. The van der Waals surface area contributed by atoms with Crippen molar-refractivity contribution in [2.24, 2.45) is 5.92 Å². The van der Waals surface area contributed by atoms with Gasteiger partial charge in [-0.25, -0.2) is 0 Å². The number of likely N-dealkylation sites (tertiary alicyclic amines) is 1. The molecule has 0 amide bonds. The first-order chi connectivity index (χ1) is 7.81. The molecule has 2 rings (SSSR count). The first kappa shape index (κ1) is 12.3. The Labute approximate surface area is 99.2 Å². The summed E-state index contributed by atoms with van der Waals surface area (Å²) in [5.41, 5.74) is 0. The van der Waals surface area contributed by atoms with Crippen molar-refractivity contribution in [3.8, 4) is 0 Å². The number of hydrogen-bond acceptors (Lipinski definition) is 3. The SMILES string of the molecule is CC(CO)CN1CCCCC1C1CCCN1. The number of hydrogen-bond donors (Lipinski definition) is 2. The molecule has 0 aliphatic carbocycles. The van der Waals surface area contributed by atoms with Crippen molar-refractivity contribution in [3.05, 3.63) is 0 Å². The molecule has 94 valence electrons.